The standard InChI is InChI=1S/C42H25NO/c1-2-11-27-24-36-30(22-26(27)10-1)23-28-12-3-4-13-31(28)41(36)43-38-18-7-5-14-33(38)37-25-29(20-21-39(37)43)32-16-9-17-35-34-15-6-8-19-40(34)44-42(32)35/h1-25H. The van der Waals surface area contributed by atoms with Crippen LogP contribution in [0.25, 0.3) is 92.9 Å². The summed E-state index contributed by atoms with van der Waals surface area (Å²) >= 11 is 0. The largest absolute Gasteiger partial charge is 0.455 e. The molecule has 0 saturated carbocycles. The van der Waals surface area contributed by atoms with Gasteiger partial charge in [-0.2, -0.15) is 0 Å². The molecule has 2 nitrogen and oxygen atoms in total. The molecular weight excluding hydrogens is 534 g/mol. The van der Waals surface area contributed by atoms with E-state index in [2.05, 4.69) is 144 Å². The van der Waals surface area contributed by atoms with E-state index >= 15 is 0 Å². The molecule has 0 aliphatic carbocycles. The van der Waals surface area contributed by atoms with E-state index in [1.165, 1.54) is 59.8 Å². The summed E-state index contributed by atoms with van der Waals surface area (Å²) in [5.41, 5.74) is 7.73. The molecule has 2 heterocycles. The Morgan fingerprint density at radius 2 is 1.05 bits per heavy atom. The van der Waals surface area contributed by atoms with E-state index in [0.717, 1.165) is 33.1 Å². The van der Waals surface area contributed by atoms with Gasteiger partial charge in [0.25, 0.3) is 0 Å². The van der Waals surface area contributed by atoms with E-state index in [1.54, 1.807) is 0 Å². The number of benzene rings is 8. The number of fused-ring (bicyclic) bond motifs is 9. The third-order valence-corrected chi connectivity index (χ3v) is 9.31. The summed E-state index contributed by atoms with van der Waals surface area (Å²) in [4.78, 5) is 0. The Kier molecular flexibility index (Phi) is 4.75. The minimum atomic E-state index is 0.919. The maximum atomic E-state index is 6.44. The van der Waals surface area contributed by atoms with Crippen molar-refractivity contribution in [1.29, 1.82) is 0 Å². The molecule has 10 aromatic rings. The topological polar surface area (TPSA) is 18.1 Å². The molecule has 0 atom stereocenters. The first-order valence-corrected chi connectivity index (χ1v) is 15.1. The molecule has 0 aliphatic heterocycles. The van der Waals surface area contributed by atoms with E-state index < -0.39 is 0 Å². The molecular formula is C42H25NO. The first-order chi connectivity index (χ1) is 21.8. The number of rotatable bonds is 2. The van der Waals surface area contributed by atoms with Gasteiger partial charge in [0.05, 0.1) is 16.7 Å². The lowest BCUT2D eigenvalue weighted by Gasteiger charge is -2.16. The molecule has 2 heteroatoms. The van der Waals surface area contributed by atoms with E-state index in [-0.39, 0.29) is 0 Å². The van der Waals surface area contributed by atoms with Crippen molar-refractivity contribution < 1.29 is 4.42 Å². The number of para-hydroxylation sites is 3. The van der Waals surface area contributed by atoms with Gasteiger partial charge < -0.3 is 8.98 Å². The van der Waals surface area contributed by atoms with Crippen molar-refractivity contribution in [3.05, 3.63) is 152 Å². The molecule has 0 unspecified atom stereocenters. The average molecular weight is 560 g/mol. The molecule has 0 spiro atoms. The third-order valence-electron chi connectivity index (χ3n) is 9.31. The Morgan fingerprint density at radius 1 is 0.386 bits per heavy atom. The molecule has 0 N–H and O–H groups in total. The zero-order valence-corrected chi connectivity index (χ0v) is 23.8. The van der Waals surface area contributed by atoms with Crippen LogP contribution in [0.4, 0.5) is 0 Å². The van der Waals surface area contributed by atoms with Crippen LogP contribution in [0.1, 0.15) is 0 Å². The highest BCUT2D eigenvalue weighted by atomic mass is 16.3. The fourth-order valence-electron chi connectivity index (χ4n) is 7.33. The van der Waals surface area contributed by atoms with Gasteiger partial charge in [0.1, 0.15) is 11.2 Å². The molecule has 0 radical (unpaired) electrons. The minimum Gasteiger partial charge on any atom is -0.455 e. The predicted molar refractivity (Wildman–Crippen MR) is 186 cm³/mol. The van der Waals surface area contributed by atoms with Crippen LogP contribution in [0, 0.1) is 0 Å². The summed E-state index contributed by atoms with van der Waals surface area (Å²) in [6.07, 6.45) is 0. The third kappa shape index (κ3) is 3.25. The van der Waals surface area contributed by atoms with E-state index in [0.29, 0.717) is 0 Å². The Bertz CT molecular complexity index is 2770. The van der Waals surface area contributed by atoms with Gasteiger partial charge >= 0.3 is 0 Å². The van der Waals surface area contributed by atoms with Crippen molar-refractivity contribution in [3.8, 4) is 16.8 Å². The van der Waals surface area contributed by atoms with E-state index in [9.17, 15) is 0 Å². The zero-order chi connectivity index (χ0) is 28.8. The van der Waals surface area contributed by atoms with Crippen LogP contribution in [0.15, 0.2) is 156 Å². The monoisotopic (exact) mass is 559 g/mol. The Morgan fingerprint density at radius 3 is 1.93 bits per heavy atom. The number of aromatic nitrogens is 1. The summed E-state index contributed by atoms with van der Waals surface area (Å²) in [5, 5.41) is 12.3. The molecule has 10 rings (SSSR count). The molecule has 0 bridgehead atoms. The van der Waals surface area contributed by atoms with Crippen molar-refractivity contribution >= 4 is 76.1 Å². The Hall–Kier alpha value is -5.86. The molecule has 44 heavy (non-hydrogen) atoms. The highest BCUT2D eigenvalue weighted by molar-refractivity contribution is 6.17. The highest BCUT2D eigenvalue weighted by Gasteiger charge is 2.19. The van der Waals surface area contributed by atoms with Crippen molar-refractivity contribution in [2.75, 3.05) is 0 Å². The SMILES string of the molecule is c1ccc2cc3c(-n4c5ccccc5c5cc(-c6cccc7c6oc6ccccc67)ccc54)c4ccccc4cc3cc2c1. The van der Waals surface area contributed by atoms with E-state index in [1.807, 2.05) is 12.1 Å². The van der Waals surface area contributed by atoms with Gasteiger partial charge in [-0.1, -0.05) is 109 Å². The Balaban J connectivity index is 1.32. The van der Waals surface area contributed by atoms with Gasteiger partial charge in [-0.3, -0.25) is 0 Å². The smallest absolute Gasteiger partial charge is 0.143 e. The van der Waals surface area contributed by atoms with Crippen LogP contribution in [-0.2, 0) is 0 Å². The van der Waals surface area contributed by atoms with Crippen molar-refractivity contribution in [2.45, 2.75) is 0 Å². The maximum Gasteiger partial charge on any atom is 0.143 e. The fourth-order valence-corrected chi connectivity index (χ4v) is 7.33. The van der Waals surface area contributed by atoms with Gasteiger partial charge in [0.2, 0.25) is 0 Å². The van der Waals surface area contributed by atoms with Crippen molar-refractivity contribution in [2.24, 2.45) is 0 Å². The lowest BCUT2D eigenvalue weighted by Crippen LogP contribution is -1.97. The van der Waals surface area contributed by atoms with Crippen LogP contribution >= 0.6 is 0 Å². The number of furan rings is 1. The molecule has 2 aromatic heterocycles. The van der Waals surface area contributed by atoms with Crippen LogP contribution in [0.3, 0.4) is 0 Å². The first-order valence-electron chi connectivity index (χ1n) is 15.1. The lowest BCUT2D eigenvalue weighted by molar-refractivity contribution is 0.670. The van der Waals surface area contributed by atoms with Crippen LogP contribution in [-0.4, -0.2) is 4.57 Å². The second-order valence-corrected chi connectivity index (χ2v) is 11.7. The second kappa shape index (κ2) is 8.82. The summed E-state index contributed by atoms with van der Waals surface area (Å²) in [7, 11) is 0. The van der Waals surface area contributed by atoms with Crippen molar-refractivity contribution in [1.82, 2.24) is 4.57 Å². The van der Waals surface area contributed by atoms with Gasteiger partial charge in [0.15, 0.2) is 0 Å². The number of nitrogens with zero attached hydrogens (tertiary/aromatic N) is 1. The van der Waals surface area contributed by atoms with Crippen LogP contribution in [0.5, 0.6) is 0 Å². The van der Waals surface area contributed by atoms with Crippen LogP contribution < -0.4 is 0 Å². The van der Waals surface area contributed by atoms with E-state index in [4.69, 9.17) is 4.42 Å². The summed E-state index contributed by atoms with van der Waals surface area (Å²) in [6, 6.07) is 54.9. The second-order valence-electron chi connectivity index (χ2n) is 11.7. The molecule has 0 aliphatic rings. The maximum absolute atomic E-state index is 6.44. The van der Waals surface area contributed by atoms with Gasteiger partial charge in [-0.05, 0) is 69.6 Å². The average Bonchev–Trinajstić information content (AvgIpc) is 3.62. The summed E-state index contributed by atoms with van der Waals surface area (Å²) in [5.74, 6) is 0. The lowest BCUT2D eigenvalue weighted by atomic mass is 9.97. The first kappa shape index (κ1) is 23.7. The summed E-state index contributed by atoms with van der Waals surface area (Å²) < 4.78 is 8.92. The molecule has 0 amide bonds. The zero-order valence-electron chi connectivity index (χ0n) is 23.8. The normalized spacial score (nSPS) is 12.1. The molecule has 204 valence electrons. The van der Waals surface area contributed by atoms with Gasteiger partial charge in [-0.15, -0.1) is 0 Å². The van der Waals surface area contributed by atoms with Gasteiger partial charge in [-0.25, -0.2) is 0 Å². The predicted octanol–water partition coefficient (Wildman–Crippen LogP) is 11.8. The highest BCUT2D eigenvalue weighted by Crippen LogP contribution is 2.42. The summed E-state index contributed by atoms with van der Waals surface area (Å²) in [6.45, 7) is 0. The Labute approximate surface area is 253 Å². The fraction of sp³-hybridized carbons (Fsp3) is 0. The molecule has 0 fully saturated rings. The van der Waals surface area contributed by atoms with Gasteiger partial charge in [0, 0.05) is 37.9 Å². The molecule has 8 aromatic carbocycles. The van der Waals surface area contributed by atoms with Crippen molar-refractivity contribution in [3.63, 3.8) is 0 Å². The number of hydrogen-bond acceptors (Lipinski definition) is 1. The van der Waals surface area contributed by atoms with Crippen LogP contribution in [0.2, 0.25) is 0 Å². The number of hydrogen-bond donors (Lipinski definition) is 0. The molecule has 0 saturated heterocycles. The minimum absolute atomic E-state index is 0.919. The quantitative estimate of drug-likeness (QED) is 0.193.